The molecule has 4 nitrogen and oxygen atoms in total. The third kappa shape index (κ3) is 4.26. The maximum Gasteiger partial charge on any atom is 0.251 e. The number of rotatable bonds is 4. The van der Waals surface area contributed by atoms with E-state index in [9.17, 15) is 15.0 Å². The van der Waals surface area contributed by atoms with E-state index in [2.05, 4.69) is 21.2 Å². The van der Waals surface area contributed by atoms with Crippen molar-refractivity contribution in [1.29, 1.82) is 0 Å². The number of nitrogens with one attached hydrogen (secondary N) is 1. The van der Waals surface area contributed by atoms with Crippen LogP contribution >= 0.6 is 15.9 Å². The molecule has 0 saturated carbocycles. The number of halogens is 1. The number of hydrogen-bond donors (Lipinski definition) is 3. The van der Waals surface area contributed by atoms with Crippen LogP contribution in [0.2, 0.25) is 0 Å². The van der Waals surface area contributed by atoms with Gasteiger partial charge in [0, 0.05) is 23.0 Å². The summed E-state index contributed by atoms with van der Waals surface area (Å²) in [4.78, 5) is 11.9. The fourth-order valence-electron chi connectivity index (χ4n) is 1.25. The second-order valence-electron chi connectivity index (χ2n) is 4.21. The first kappa shape index (κ1) is 13.8. The quantitative estimate of drug-likeness (QED) is 0.747. The predicted molar refractivity (Wildman–Crippen MR) is 69.7 cm³/mol. The van der Waals surface area contributed by atoms with Crippen LogP contribution in [0.4, 0.5) is 0 Å². The molecule has 0 spiro atoms. The van der Waals surface area contributed by atoms with Gasteiger partial charge in [0.05, 0.1) is 0 Å². The number of alkyl halides is 1. The zero-order valence-electron chi connectivity index (χ0n) is 9.77. The molecule has 0 radical (unpaired) electrons. The summed E-state index contributed by atoms with van der Waals surface area (Å²) in [5, 5.41) is 21.2. The molecule has 94 valence electrons. The standard InChI is InChI=1S/C12H16BrNO3/c1-7(2)11(13)6-14-12(17)8-3-9(15)5-10(16)4-8/h3-5,7,11,15-16H,6H2,1-2H3,(H,14,17). The van der Waals surface area contributed by atoms with Crippen molar-refractivity contribution in [2.24, 2.45) is 5.92 Å². The highest BCUT2D eigenvalue weighted by Gasteiger charge is 2.12. The molecule has 3 N–H and O–H groups in total. The van der Waals surface area contributed by atoms with Crippen molar-refractivity contribution in [3.8, 4) is 11.5 Å². The lowest BCUT2D eigenvalue weighted by Crippen LogP contribution is -2.31. The van der Waals surface area contributed by atoms with Gasteiger partial charge in [0.1, 0.15) is 11.5 Å². The highest BCUT2D eigenvalue weighted by Crippen LogP contribution is 2.20. The summed E-state index contributed by atoms with van der Waals surface area (Å²) in [6.07, 6.45) is 0. The largest absolute Gasteiger partial charge is 0.508 e. The molecular weight excluding hydrogens is 286 g/mol. The van der Waals surface area contributed by atoms with Crippen LogP contribution in [0.1, 0.15) is 24.2 Å². The topological polar surface area (TPSA) is 69.6 Å². The average molecular weight is 302 g/mol. The number of benzene rings is 1. The lowest BCUT2D eigenvalue weighted by molar-refractivity contribution is 0.0952. The normalized spacial score (nSPS) is 12.5. The van der Waals surface area contributed by atoms with Crippen LogP contribution < -0.4 is 5.32 Å². The maximum atomic E-state index is 11.7. The van der Waals surface area contributed by atoms with Gasteiger partial charge in [0.25, 0.3) is 5.91 Å². The minimum Gasteiger partial charge on any atom is -0.508 e. The smallest absolute Gasteiger partial charge is 0.251 e. The summed E-state index contributed by atoms with van der Waals surface area (Å²) in [5.41, 5.74) is 0.242. The van der Waals surface area contributed by atoms with Crippen molar-refractivity contribution in [2.75, 3.05) is 6.54 Å². The SMILES string of the molecule is CC(C)C(Br)CNC(=O)c1cc(O)cc(O)c1. The van der Waals surface area contributed by atoms with Crippen LogP contribution in [0.25, 0.3) is 0 Å². The molecule has 0 bridgehead atoms. The van der Waals surface area contributed by atoms with Gasteiger partial charge in [-0.1, -0.05) is 29.8 Å². The number of phenols is 2. The van der Waals surface area contributed by atoms with Crippen molar-refractivity contribution in [1.82, 2.24) is 5.32 Å². The highest BCUT2D eigenvalue weighted by molar-refractivity contribution is 9.09. The summed E-state index contributed by atoms with van der Waals surface area (Å²) < 4.78 is 0. The van der Waals surface area contributed by atoms with Gasteiger partial charge in [-0.3, -0.25) is 4.79 Å². The Morgan fingerprint density at radius 2 is 1.82 bits per heavy atom. The molecule has 0 fully saturated rings. The number of phenolic OH excluding ortho intramolecular Hbond substituents is 2. The minimum atomic E-state index is -0.318. The van der Waals surface area contributed by atoms with Gasteiger partial charge < -0.3 is 15.5 Å². The molecule has 5 heteroatoms. The Morgan fingerprint density at radius 1 is 1.29 bits per heavy atom. The highest BCUT2D eigenvalue weighted by atomic mass is 79.9. The van der Waals surface area contributed by atoms with Gasteiger partial charge in [-0.25, -0.2) is 0 Å². The van der Waals surface area contributed by atoms with E-state index in [4.69, 9.17) is 0 Å². The van der Waals surface area contributed by atoms with Crippen LogP contribution in [-0.2, 0) is 0 Å². The zero-order valence-corrected chi connectivity index (χ0v) is 11.4. The third-order valence-corrected chi connectivity index (χ3v) is 3.73. The molecule has 0 aliphatic rings. The monoisotopic (exact) mass is 301 g/mol. The number of aromatic hydroxyl groups is 2. The molecule has 0 aromatic heterocycles. The molecule has 1 aromatic carbocycles. The second kappa shape index (κ2) is 5.91. The van der Waals surface area contributed by atoms with Gasteiger partial charge >= 0.3 is 0 Å². The first-order valence-electron chi connectivity index (χ1n) is 5.35. The third-order valence-electron chi connectivity index (χ3n) is 2.35. The minimum absolute atomic E-state index is 0.130. The van der Waals surface area contributed by atoms with Crippen molar-refractivity contribution in [3.63, 3.8) is 0 Å². The summed E-state index contributed by atoms with van der Waals surface area (Å²) in [6, 6.07) is 3.81. The molecule has 0 aliphatic heterocycles. The van der Waals surface area contributed by atoms with Gasteiger partial charge in [-0.2, -0.15) is 0 Å². The van der Waals surface area contributed by atoms with E-state index in [-0.39, 0.29) is 27.8 Å². The van der Waals surface area contributed by atoms with E-state index in [0.717, 1.165) is 0 Å². The lowest BCUT2D eigenvalue weighted by atomic mass is 10.1. The number of carbonyl (C=O) groups is 1. The summed E-state index contributed by atoms with van der Waals surface area (Å²) >= 11 is 3.46. The van der Waals surface area contributed by atoms with Crippen molar-refractivity contribution >= 4 is 21.8 Å². The molecule has 1 rings (SSSR count). The molecule has 1 atom stereocenters. The molecule has 0 heterocycles. The second-order valence-corrected chi connectivity index (χ2v) is 5.38. The summed E-state index contributed by atoms with van der Waals surface area (Å²) in [6.45, 7) is 4.59. The van der Waals surface area contributed by atoms with Gasteiger partial charge in [-0.15, -0.1) is 0 Å². The Morgan fingerprint density at radius 3 is 2.29 bits per heavy atom. The lowest BCUT2D eigenvalue weighted by Gasteiger charge is -2.14. The van der Waals surface area contributed by atoms with Crippen molar-refractivity contribution < 1.29 is 15.0 Å². The summed E-state index contributed by atoms with van der Waals surface area (Å²) in [7, 11) is 0. The van der Waals surface area contributed by atoms with E-state index >= 15 is 0 Å². The Labute approximate surface area is 109 Å². The first-order valence-corrected chi connectivity index (χ1v) is 6.27. The maximum absolute atomic E-state index is 11.7. The molecule has 0 saturated heterocycles. The molecule has 1 unspecified atom stereocenters. The van der Waals surface area contributed by atoms with Crippen LogP contribution in [-0.4, -0.2) is 27.5 Å². The van der Waals surface area contributed by atoms with Crippen LogP contribution in [0.5, 0.6) is 11.5 Å². The fraction of sp³-hybridized carbons (Fsp3) is 0.417. The van der Waals surface area contributed by atoms with E-state index in [0.29, 0.717) is 12.5 Å². The zero-order chi connectivity index (χ0) is 13.0. The average Bonchev–Trinajstić information content (AvgIpc) is 2.23. The number of hydrogen-bond acceptors (Lipinski definition) is 3. The Bertz CT molecular complexity index is 386. The van der Waals surface area contributed by atoms with Gasteiger partial charge in [0.2, 0.25) is 0 Å². The Kier molecular flexibility index (Phi) is 4.81. The van der Waals surface area contributed by atoms with Crippen molar-refractivity contribution in [3.05, 3.63) is 23.8 Å². The molecule has 0 aliphatic carbocycles. The summed E-state index contributed by atoms with van der Waals surface area (Å²) in [5.74, 6) is -0.169. The molecular formula is C12H16BrNO3. The fourth-order valence-corrected chi connectivity index (χ4v) is 1.42. The van der Waals surface area contributed by atoms with E-state index in [1.165, 1.54) is 18.2 Å². The van der Waals surface area contributed by atoms with E-state index in [1.54, 1.807) is 0 Å². The number of amides is 1. The predicted octanol–water partition coefficient (Wildman–Crippen LogP) is 2.25. The van der Waals surface area contributed by atoms with Crippen LogP contribution in [0, 0.1) is 5.92 Å². The molecule has 1 aromatic rings. The van der Waals surface area contributed by atoms with Crippen molar-refractivity contribution in [2.45, 2.75) is 18.7 Å². The van der Waals surface area contributed by atoms with E-state index < -0.39 is 0 Å². The van der Waals surface area contributed by atoms with Gasteiger partial charge in [0.15, 0.2) is 0 Å². The number of carbonyl (C=O) groups excluding carboxylic acids is 1. The molecule has 1 amide bonds. The van der Waals surface area contributed by atoms with E-state index in [1.807, 2.05) is 13.8 Å². The first-order chi connectivity index (χ1) is 7.90. The van der Waals surface area contributed by atoms with Crippen LogP contribution in [0.3, 0.4) is 0 Å². The Hall–Kier alpha value is -1.23. The Balaban J connectivity index is 2.64. The molecule has 17 heavy (non-hydrogen) atoms. The van der Waals surface area contributed by atoms with Gasteiger partial charge in [-0.05, 0) is 18.1 Å². The van der Waals surface area contributed by atoms with Crippen LogP contribution in [0.15, 0.2) is 18.2 Å².